The van der Waals surface area contributed by atoms with Crippen LogP contribution in [0.15, 0.2) is 29.2 Å². The second kappa shape index (κ2) is 9.05. The summed E-state index contributed by atoms with van der Waals surface area (Å²) in [5.74, 6) is 0.798. The molecule has 24 heavy (non-hydrogen) atoms. The van der Waals surface area contributed by atoms with E-state index in [1.54, 1.807) is 19.1 Å². The second-order valence-corrected chi connectivity index (χ2v) is 5.34. The first-order valence-electron chi connectivity index (χ1n) is 8.26. The molecule has 0 N–H and O–H groups in total. The van der Waals surface area contributed by atoms with Crippen molar-refractivity contribution in [3.8, 4) is 0 Å². The van der Waals surface area contributed by atoms with Gasteiger partial charge in [0, 0.05) is 32.0 Å². The van der Waals surface area contributed by atoms with Gasteiger partial charge in [-0.05, 0) is 26.0 Å². The van der Waals surface area contributed by atoms with E-state index in [4.69, 9.17) is 4.42 Å². The zero-order valence-electron chi connectivity index (χ0n) is 14.9. The van der Waals surface area contributed by atoms with Crippen molar-refractivity contribution in [3.05, 3.63) is 30.5 Å². The molecule has 6 nitrogen and oxygen atoms in total. The van der Waals surface area contributed by atoms with E-state index in [1.165, 1.54) is 22.8 Å². The van der Waals surface area contributed by atoms with Crippen LogP contribution in [0.3, 0.4) is 0 Å². The number of rotatable bonds is 5. The fourth-order valence-electron chi connectivity index (χ4n) is 2.45. The highest BCUT2D eigenvalue weighted by atomic mass is 16.4. The summed E-state index contributed by atoms with van der Waals surface area (Å²) in [5, 5.41) is 0. The van der Waals surface area contributed by atoms with Crippen molar-refractivity contribution < 1.29 is 18.8 Å². The van der Waals surface area contributed by atoms with Crippen LogP contribution in [0.1, 0.15) is 39.9 Å². The third kappa shape index (κ3) is 4.57. The molecule has 1 aromatic heterocycles. The van der Waals surface area contributed by atoms with E-state index in [9.17, 15) is 14.4 Å². The van der Waals surface area contributed by atoms with Crippen molar-refractivity contribution in [2.24, 2.45) is 0 Å². The van der Waals surface area contributed by atoms with Gasteiger partial charge in [0.05, 0.1) is 0 Å². The van der Waals surface area contributed by atoms with Crippen LogP contribution < -0.4 is 4.90 Å². The van der Waals surface area contributed by atoms with Crippen molar-refractivity contribution in [1.82, 2.24) is 4.90 Å². The Morgan fingerprint density at radius 1 is 1.33 bits per heavy atom. The summed E-state index contributed by atoms with van der Waals surface area (Å²) < 4.78 is 5.64. The van der Waals surface area contributed by atoms with Gasteiger partial charge in [0.25, 0.3) is 5.91 Å². The van der Waals surface area contributed by atoms with Crippen LogP contribution >= 0.6 is 0 Å². The van der Waals surface area contributed by atoms with Crippen LogP contribution in [0, 0.1) is 0 Å². The summed E-state index contributed by atoms with van der Waals surface area (Å²) in [6.07, 6.45) is 2.15. The van der Waals surface area contributed by atoms with E-state index < -0.39 is 6.04 Å². The number of aryl methyl sites for hydroxylation is 1. The minimum Gasteiger partial charge on any atom is -0.445 e. The fourth-order valence-corrected chi connectivity index (χ4v) is 2.45. The van der Waals surface area contributed by atoms with Crippen molar-refractivity contribution in [2.75, 3.05) is 18.0 Å². The Hall–Kier alpha value is -2.37. The SMILES string of the molecule is C=CC(=O)N1CCN(c2ccc(CCC(C)=O)o2)C(=O)C1C.CC. The van der Waals surface area contributed by atoms with E-state index in [0.29, 0.717) is 37.6 Å². The molecule has 132 valence electrons. The van der Waals surface area contributed by atoms with E-state index >= 15 is 0 Å². The molecule has 2 heterocycles. The zero-order valence-corrected chi connectivity index (χ0v) is 14.9. The van der Waals surface area contributed by atoms with Gasteiger partial charge in [-0.25, -0.2) is 0 Å². The molecule has 1 saturated heterocycles. The molecule has 0 aliphatic carbocycles. The lowest BCUT2D eigenvalue weighted by molar-refractivity contribution is -0.137. The molecule has 1 aliphatic heterocycles. The number of carbonyl (C=O) groups is 3. The zero-order chi connectivity index (χ0) is 18.3. The molecule has 6 heteroatoms. The molecule has 1 aromatic rings. The fraction of sp³-hybridized carbons (Fsp3) is 0.500. The molecular formula is C18H26N2O4. The smallest absolute Gasteiger partial charge is 0.251 e. The number of Topliss-reactive ketones (excluding diaryl/α,β-unsaturated/α-hetero) is 1. The third-order valence-electron chi connectivity index (χ3n) is 3.75. The maximum absolute atomic E-state index is 12.4. The van der Waals surface area contributed by atoms with Crippen molar-refractivity contribution in [2.45, 2.75) is 46.6 Å². The molecule has 1 atom stereocenters. The number of hydrogen-bond donors (Lipinski definition) is 0. The van der Waals surface area contributed by atoms with Crippen molar-refractivity contribution in [1.29, 1.82) is 0 Å². The Balaban J connectivity index is 0.00000139. The van der Waals surface area contributed by atoms with Crippen LogP contribution in [0.2, 0.25) is 0 Å². The predicted molar refractivity (Wildman–Crippen MR) is 92.8 cm³/mol. The number of piperazine rings is 1. The average Bonchev–Trinajstić information content (AvgIpc) is 3.05. The summed E-state index contributed by atoms with van der Waals surface area (Å²) in [4.78, 5) is 38.1. The van der Waals surface area contributed by atoms with E-state index in [0.717, 1.165) is 0 Å². The molecule has 1 fully saturated rings. The van der Waals surface area contributed by atoms with Gasteiger partial charge in [-0.15, -0.1) is 0 Å². The monoisotopic (exact) mass is 334 g/mol. The molecule has 2 rings (SSSR count). The number of anilines is 1. The van der Waals surface area contributed by atoms with Gasteiger partial charge < -0.3 is 14.1 Å². The molecule has 1 aliphatic rings. The van der Waals surface area contributed by atoms with Crippen LogP contribution in [0.5, 0.6) is 0 Å². The number of ketones is 1. The summed E-state index contributed by atoms with van der Waals surface area (Å²) in [6, 6.07) is 2.95. The summed E-state index contributed by atoms with van der Waals surface area (Å²) >= 11 is 0. The maximum Gasteiger partial charge on any atom is 0.251 e. The van der Waals surface area contributed by atoms with E-state index in [2.05, 4.69) is 6.58 Å². The second-order valence-electron chi connectivity index (χ2n) is 5.34. The lowest BCUT2D eigenvalue weighted by atomic mass is 10.1. The minimum absolute atomic E-state index is 0.0965. The van der Waals surface area contributed by atoms with Gasteiger partial charge in [-0.3, -0.25) is 14.5 Å². The number of amides is 2. The topological polar surface area (TPSA) is 70.8 Å². The molecule has 0 bridgehead atoms. The Morgan fingerprint density at radius 3 is 2.58 bits per heavy atom. The largest absolute Gasteiger partial charge is 0.445 e. The number of hydrogen-bond acceptors (Lipinski definition) is 4. The number of furan rings is 1. The average molecular weight is 334 g/mol. The molecule has 2 amide bonds. The molecule has 0 radical (unpaired) electrons. The van der Waals surface area contributed by atoms with E-state index in [-0.39, 0.29) is 17.6 Å². The number of nitrogens with zero attached hydrogens (tertiary/aromatic N) is 2. The first kappa shape index (κ1) is 19.7. The lowest BCUT2D eigenvalue weighted by Crippen LogP contribution is -2.57. The molecule has 1 unspecified atom stereocenters. The normalized spacial score (nSPS) is 17.2. The summed E-state index contributed by atoms with van der Waals surface area (Å²) in [5.41, 5.74) is 0. The predicted octanol–water partition coefficient (Wildman–Crippen LogP) is 2.58. The summed E-state index contributed by atoms with van der Waals surface area (Å²) in [6.45, 7) is 11.5. The van der Waals surface area contributed by atoms with E-state index in [1.807, 2.05) is 13.8 Å². The molecule has 0 aromatic carbocycles. The standard InChI is InChI=1S/C16H20N2O4.C2H6/c1-4-14(20)17-9-10-18(16(21)12(17)3)15-8-7-13(22-15)6-5-11(2)19;1-2/h4,7-8,12H,1,5-6,9-10H2,2-3H3;1-2H3. The maximum atomic E-state index is 12.4. The van der Waals surface area contributed by atoms with Crippen molar-refractivity contribution >= 4 is 23.5 Å². The third-order valence-corrected chi connectivity index (χ3v) is 3.75. The van der Waals surface area contributed by atoms with Gasteiger partial charge in [-0.2, -0.15) is 0 Å². The van der Waals surface area contributed by atoms with Gasteiger partial charge in [0.1, 0.15) is 17.6 Å². The van der Waals surface area contributed by atoms with Crippen LogP contribution in [-0.4, -0.2) is 41.6 Å². The van der Waals surface area contributed by atoms with Crippen LogP contribution in [-0.2, 0) is 20.8 Å². The Morgan fingerprint density at radius 2 is 2.00 bits per heavy atom. The highest BCUT2D eigenvalue weighted by molar-refractivity contribution is 6.00. The van der Waals surface area contributed by atoms with Crippen LogP contribution in [0.25, 0.3) is 0 Å². The minimum atomic E-state index is -0.551. The highest BCUT2D eigenvalue weighted by Crippen LogP contribution is 2.24. The molecule has 0 saturated carbocycles. The highest BCUT2D eigenvalue weighted by Gasteiger charge is 2.35. The Bertz CT molecular complexity index is 606. The Kier molecular flexibility index (Phi) is 7.42. The van der Waals surface area contributed by atoms with Gasteiger partial charge >= 0.3 is 0 Å². The molecule has 0 spiro atoms. The summed E-state index contributed by atoms with van der Waals surface area (Å²) in [7, 11) is 0. The Labute approximate surface area is 143 Å². The first-order chi connectivity index (χ1) is 11.4. The molecular weight excluding hydrogens is 308 g/mol. The van der Waals surface area contributed by atoms with Crippen LogP contribution in [0.4, 0.5) is 5.88 Å². The van der Waals surface area contributed by atoms with Gasteiger partial charge in [-0.1, -0.05) is 20.4 Å². The lowest BCUT2D eigenvalue weighted by Gasteiger charge is -2.37. The van der Waals surface area contributed by atoms with Gasteiger partial charge in [0.15, 0.2) is 0 Å². The van der Waals surface area contributed by atoms with Crippen molar-refractivity contribution in [3.63, 3.8) is 0 Å². The number of carbonyl (C=O) groups excluding carboxylic acids is 3. The van der Waals surface area contributed by atoms with Gasteiger partial charge in [0.2, 0.25) is 11.8 Å². The first-order valence-corrected chi connectivity index (χ1v) is 8.26. The quantitative estimate of drug-likeness (QED) is 0.776.